The number of aliphatic imine (C=N–C) groups is 1. The van der Waals surface area contributed by atoms with E-state index in [-0.39, 0.29) is 16.5 Å². The Bertz CT molecular complexity index is 696. The summed E-state index contributed by atoms with van der Waals surface area (Å²) < 4.78 is 0. The molecule has 0 fully saturated rings. The number of non-ortho nitro benzene ring substituents is 1. The predicted octanol–water partition coefficient (Wildman–Crippen LogP) is 3.31. The third-order valence-corrected chi connectivity index (χ3v) is 4.25. The Hall–Kier alpha value is -1.53. The van der Waals surface area contributed by atoms with Crippen molar-refractivity contribution in [3.8, 4) is 0 Å². The Balaban J connectivity index is 2.20. The summed E-state index contributed by atoms with van der Waals surface area (Å²) in [6.45, 7) is 0.796. The quantitative estimate of drug-likeness (QED) is 0.536. The number of halogens is 1. The number of hydrogen-bond acceptors (Lipinski definition) is 4. The second kappa shape index (κ2) is 4.86. The van der Waals surface area contributed by atoms with Crippen LogP contribution in [0.4, 0.5) is 5.69 Å². The minimum Gasteiger partial charge on any atom is -0.347 e. The van der Waals surface area contributed by atoms with Crippen LogP contribution >= 0.6 is 23.4 Å². The van der Waals surface area contributed by atoms with Crippen molar-refractivity contribution in [3.05, 3.63) is 39.6 Å². The molecule has 0 aliphatic carbocycles. The summed E-state index contributed by atoms with van der Waals surface area (Å²) in [5.74, 6) is 1.21. The van der Waals surface area contributed by atoms with E-state index in [2.05, 4.69) is 9.98 Å². The summed E-state index contributed by atoms with van der Waals surface area (Å²) in [6.07, 6.45) is 0. The first-order valence-electron chi connectivity index (χ1n) is 5.72. The maximum atomic E-state index is 11.1. The van der Waals surface area contributed by atoms with Gasteiger partial charge in [0, 0.05) is 29.6 Å². The van der Waals surface area contributed by atoms with Gasteiger partial charge in [-0.2, -0.15) is 0 Å². The SMILES string of the molecule is O=[N+]([O-])c1cc(CCl)cc2cc(C3=NCCS3)[nH]c12. The highest BCUT2D eigenvalue weighted by Gasteiger charge is 2.19. The normalized spacial score (nSPS) is 14.9. The number of aromatic amines is 1. The summed E-state index contributed by atoms with van der Waals surface area (Å²) >= 11 is 7.43. The molecule has 2 heterocycles. The molecule has 1 aliphatic heterocycles. The lowest BCUT2D eigenvalue weighted by atomic mass is 10.1. The fourth-order valence-electron chi connectivity index (χ4n) is 2.12. The molecular weight excluding hydrogens is 286 g/mol. The van der Waals surface area contributed by atoms with Crippen LogP contribution in [0.5, 0.6) is 0 Å². The third kappa shape index (κ3) is 2.21. The zero-order valence-corrected chi connectivity index (χ0v) is 11.4. The first-order valence-corrected chi connectivity index (χ1v) is 7.24. The fraction of sp³-hybridized carbons (Fsp3) is 0.250. The van der Waals surface area contributed by atoms with Crippen molar-refractivity contribution in [2.45, 2.75) is 5.88 Å². The average Bonchev–Trinajstić information content (AvgIpc) is 3.05. The van der Waals surface area contributed by atoms with Gasteiger partial charge in [-0.25, -0.2) is 0 Å². The lowest BCUT2D eigenvalue weighted by molar-refractivity contribution is -0.383. The van der Waals surface area contributed by atoms with Crippen molar-refractivity contribution in [3.63, 3.8) is 0 Å². The molecule has 0 saturated heterocycles. The van der Waals surface area contributed by atoms with Gasteiger partial charge in [0.15, 0.2) is 0 Å². The number of aromatic nitrogens is 1. The van der Waals surface area contributed by atoms with Gasteiger partial charge < -0.3 is 4.98 Å². The standard InChI is InChI=1S/C12H10ClN3O2S/c13-6-7-3-8-5-9(12-14-1-2-19-12)15-11(8)10(4-7)16(17)18/h3-5,15H,1-2,6H2. The first kappa shape index (κ1) is 12.5. The summed E-state index contributed by atoms with van der Waals surface area (Å²) in [7, 11) is 0. The number of H-pyrrole nitrogens is 1. The van der Waals surface area contributed by atoms with Crippen LogP contribution in [-0.2, 0) is 5.88 Å². The number of fused-ring (bicyclic) bond motifs is 1. The van der Waals surface area contributed by atoms with Gasteiger partial charge in [0.1, 0.15) is 10.6 Å². The van der Waals surface area contributed by atoms with Crippen LogP contribution < -0.4 is 0 Å². The molecule has 1 aromatic carbocycles. The molecule has 0 saturated carbocycles. The van der Waals surface area contributed by atoms with Crippen molar-refractivity contribution in [1.82, 2.24) is 4.98 Å². The van der Waals surface area contributed by atoms with E-state index in [1.807, 2.05) is 12.1 Å². The van der Waals surface area contributed by atoms with E-state index in [9.17, 15) is 10.1 Å². The zero-order chi connectivity index (χ0) is 13.4. The maximum Gasteiger partial charge on any atom is 0.293 e. The van der Waals surface area contributed by atoms with Gasteiger partial charge in [-0.1, -0.05) is 0 Å². The van der Waals surface area contributed by atoms with E-state index < -0.39 is 0 Å². The predicted molar refractivity (Wildman–Crippen MR) is 78.4 cm³/mol. The van der Waals surface area contributed by atoms with Gasteiger partial charge in [-0.3, -0.25) is 15.1 Å². The Kier molecular flexibility index (Phi) is 3.20. The number of nitro groups is 1. The molecule has 19 heavy (non-hydrogen) atoms. The molecule has 5 nitrogen and oxygen atoms in total. The number of hydrogen-bond donors (Lipinski definition) is 1. The van der Waals surface area contributed by atoms with Crippen LogP contribution in [0.1, 0.15) is 11.3 Å². The highest BCUT2D eigenvalue weighted by molar-refractivity contribution is 8.14. The van der Waals surface area contributed by atoms with E-state index in [4.69, 9.17) is 11.6 Å². The van der Waals surface area contributed by atoms with E-state index in [1.54, 1.807) is 11.8 Å². The number of nitrogens with one attached hydrogen (secondary N) is 1. The number of thioether (sulfide) groups is 1. The highest BCUT2D eigenvalue weighted by atomic mass is 35.5. The van der Waals surface area contributed by atoms with Gasteiger partial charge in [0.25, 0.3) is 5.69 Å². The minimum absolute atomic E-state index is 0.0583. The van der Waals surface area contributed by atoms with E-state index >= 15 is 0 Å². The highest BCUT2D eigenvalue weighted by Crippen LogP contribution is 2.30. The molecule has 1 N–H and O–H groups in total. The molecule has 0 radical (unpaired) electrons. The van der Waals surface area contributed by atoms with Crippen LogP contribution in [0.25, 0.3) is 10.9 Å². The maximum absolute atomic E-state index is 11.1. The molecule has 1 aliphatic rings. The number of alkyl halides is 1. The Morgan fingerprint density at radius 2 is 2.32 bits per heavy atom. The third-order valence-electron chi connectivity index (χ3n) is 2.93. The minimum atomic E-state index is -0.387. The first-order chi connectivity index (χ1) is 9.19. The van der Waals surface area contributed by atoms with Crippen LogP contribution in [0, 0.1) is 10.1 Å². The van der Waals surface area contributed by atoms with Gasteiger partial charge in [-0.05, 0) is 17.7 Å². The number of benzene rings is 1. The monoisotopic (exact) mass is 295 g/mol. The summed E-state index contributed by atoms with van der Waals surface area (Å²) in [6, 6.07) is 5.28. The lowest BCUT2D eigenvalue weighted by Gasteiger charge is -1.98. The van der Waals surface area contributed by atoms with Crippen molar-refractivity contribution in [2.24, 2.45) is 4.99 Å². The molecule has 0 amide bonds. The Labute approximate surface area is 118 Å². The van der Waals surface area contributed by atoms with Crippen LogP contribution in [0.15, 0.2) is 23.2 Å². The van der Waals surface area contributed by atoms with E-state index in [1.165, 1.54) is 6.07 Å². The van der Waals surface area contributed by atoms with E-state index in [0.717, 1.165) is 34.0 Å². The molecule has 2 aromatic rings. The smallest absolute Gasteiger partial charge is 0.293 e. The van der Waals surface area contributed by atoms with Crippen molar-refractivity contribution < 1.29 is 4.92 Å². The van der Waals surface area contributed by atoms with Gasteiger partial charge in [0.2, 0.25) is 0 Å². The number of nitrogens with zero attached hydrogens (tertiary/aromatic N) is 2. The zero-order valence-electron chi connectivity index (χ0n) is 9.85. The van der Waals surface area contributed by atoms with Crippen LogP contribution in [0.3, 0.4) is 0 Å². The lowest BCUT2D eigenvalue weighted by Crippen LogP contribution is -1.93. The average molecular weight is 296 g/mol. The largest absolute Gasteiger partial charge is 0.347 e. The molecule has 0 unspecified atom stereocenters. The van der Waals surface area contributed by atoms with E-state index in [0.29, 0.717) is 5.52 Å². The molecule has 0 bridgehead atoms. The summed E-state index contributed by atoms with van der Waals surface area (Å²) in [4.78, 5) is 18.2. The second-order valence-electron chi connectivity index (χ2n) is 4.19. The number of nitro benzene ring substituents is 1. The molecule has 98 valence electrons. The van der Waals surface area contributed by atoms with Crippen molar-refractivity contribution >= 4 is 45.0 Å². The summed E-state index contributed by atoms with van der Waals surface area (Å²) in [5.41, 5.74) is 2.17. The Morgan fingerprint density at radius 1 is 1.47 bits per heavy atom. The summed E-state index contributed by atoms with van der Waals surface area (Å²) in [5, 5.41) is 12.8. The second-order valence-corrected chi connectivity index (χ2v) is 5.54. The molecular formula is C12H10ClN3O2S. The number of rotatable bonds is 3. The molecule has 0 spiro atoms. The van der Waals surface area contributed by atoms with Gasteiger partial charge in [0.05, 0.1) is 10.6 Å². The van der Waals surface area contributed by atoms with Gasteiger partial charge in [-0.15, -0.1) is 23.4 Å². The molecule has 3 rings (SSSR count). The topological polar surface area (TPSA) is 71.3 Å². The van der Waals surface area contributed by atoms with Gasteiger partial charge >= 0.3 is 0 Å². The Morgan fingerprint density at radius 3 is 2.95 bits per heavy atom. The fourth-order valence-corrected chi connectivity index (χ4v) is 3.10. The van der Waals surface area contributed by atoms with Crippen LogP contribution in [-0.4, -0.2) is 27.2 Å². The van der Waals surface area contributed by atoms with Crippen LogP contribution in [0.2, 0.25) is 0 Å². The molecule has 1 aromatic heterocycles. The van der Waals surface area contributed by atoms with Crippen molar-refractivity contribution in [2.75, 3.05) is 12.3 Å². The van der Waals surface area contributed by atoms with Crippen molar-refractivity contribution in [1.29, 1.82) is 0 Å². The molecule has 7 heteroatoms. The molecule has 0 atom stereocenters.